The summed E-state index contributed by atoms with van der Waals surface area (Å²) in [6.07, 6.45) is 1.66. The van der Waals surface area contributed by atoms with Gasteiger partial charge < -0.3 is 5.32 Å². The molecule has 0 radical (unpaired) electrons. The number of hydrogen-bond donors (Lipinski definition) is 2. The normalized spacial score (nSPS) is 30.9. The zero-order valence-electron chi connectivity index (χ0n) is 7.66. The maximum Gasteiger partial charge on any atom is 0.232 e. The lowest BCUT2D eigenvalue weighted by molar-refractivity contribution is -0.121. The van der Waals surface area contributed by atoms with Crippen LogP contribution in [0.5, 0.6) is 0 Å². The summed E-state index contributed by atoms with van der Waals surface area (Å²) in [4.78, 5) is 11.2. The van der Waals surface area contributed by atoms with E-state index in [1.165, 1.54) is 0 Å². The third-order valence-electron chi connectivity index (χ3n) is 2.11. The highest BCUT2D eigenvalue weighted by Gasteiger charge is 2.20. The molecule has 76 valence electrons. The van der Waals surface area contributed by atoms with Gasteiger partial charge in [-0.25, -0.2) is 0 Å². The van der Waals surface area contributed by atoms with Crippen molar-refractivity contribution >= 4 is 29.3 Å². The van der Waals surface area contributed by atoms with E-state index in [1.807, 2.05) is 0 Å². The average Bonchev–Trinajstić information content (AvgIpc) is 2.08. The van der Waals surface area contributed by atoms with E-state index >= 15 is 0 Å². The molecule has 0 aliphatic carbocycles. The van der Waals surface area contributed by atoms with Crippen LogP contribution in [0.25, 0.3) is 0 Å². The predicted molar refractivity (Wildman–Crippen MR) is 57.5 cm³/mol. The summed E-state index contributed by atoms with van der Waals surface area (Å²) in [6, 6.07) is 0.208. The molecule has 0 bridgehead atoms. The molecule has 1 saturated heterocycles. The molecule has 0 saturated carbocycles. The Morgan fingerprint density at radius 1 is 1.54 bits per heavy atom. The summed E-state index contributed by atoms with van der Waals surface area (Å²) in [6.45, 7) is 1.75. The van der Waals surface area contributed by atoms with Crippen molar-refractivity contribution in [2.45, 2.75) is 31.1 Å². The van der Waals surface area contributed by atoms with E-state index in [-0.39, 0.29) is 17.2 Å². The minimum absolute atomic E-state index is 0.0268. The number of rotatable bonds is 2. The monoisotopic (exact) mass is 221 g/mol. The Bertz CT molecular complexity index is 208. The molecule has 0 aromatic heterocycles. The first-order valence-electron chi connectivity index (χ1n) is 4.43. The second-order valence-corrected chi connectivity index (χ2v) is 5.78. The number of amides is 1. The van der Waals surface area contributed by atoms with Gasteiger partial charge in [-0.05, 0) is 19.8 Å². The number of thiol groups is 1. The van der Waals surface area contributed by atoms with Crippen LogP contribution in [0.4, 0.5) is 0 Å². The van der Waals surface area contributed by atoms with E-state index in [2.05, 4.69) is 17.9 Å². The van der Waals surface area contributed by atoms with E-state index in [4.69, 9.17) is 0 Å². The minimum atomic E-state index is -0.657. The molecule has 1 atom stereocenters. The van der Waals surface area contributed by atoms with Gasteiger partial charge in [-0.1, -0.05) is 0 Å². The highest BCUT2D eigenvalue weighted by molar-refractivity contribution is 7.85. The predicted octanol–water partition coefficient (Wildman–Crippen LogP) is 0.332. The maximum absolute atomic E-state index is 11.2. The quantitative estimate of drug-likeness (QED) is 0.660. The molecule has 5 heteroatoms. The third kappa shape index (κ3) is 3.68. The van der Waals surface area contributed by atoms with Gasteiger partial charge in [0.2, 0.25) is 5.91 Å². The van der Waals surface area contributed by atoms with Crippen molar-refractivity contribution in [3.63, 3.8) is 0 Å². The smallest absolute Gasteiger partial charge is 0.232 e. The third-order valence-corrected chi connectivity index (χ3v) is 3.73. The first-order valence-corrected chi connectivity index (χ1v) is 6.43. The van der Waals surface area contributed by atoms with Crippen molar-refractivity contribution in [2.24, 2.45) is 0 Å². The molecule has 1 N–H and O–H groups in total. The molecule has 1 rings (SSSR count). The van der Waals surface area contributed by atoms with Gasteiger partial charge in [0, 0.05) is 28.3 Å². The van der Waals surface area contributed by atoms with Crippen LogP contribution < -0.4 is 5.32 Å². The molecule has 1 amide bonds. The maximum atomic E-state index is 11.2. The SMILES string of the molecule is CC(S)C(=O)NC1CCS(=O)CC1. The van der Waals surface area contributed by atoms with Crippen molar-refractivity contribution < 1.29 is 9.00 Å². The van der Waals surface area contributed by atoms with E-state index < -0.39 is 10.8 Å². The van der Waals surface area contributed by atoms with Crippen LogP contribution in [-0.2, 0) is 15.6 Å². The molecule has 0 spiro atoms. The summed E-state index contributed by atoms with van der Waals surface area (Å²) in [5.74, 6) is 1.40. The molecular weight excluding hydrogens is 206 g/mol. The lowest BCUT2D eigenvalue weighted by Gasteiger charge is -2.23. The van der Waals surface area contributed by atoms with Crippen LogP contribution in [0, 0.1) is 0 Å². The second kappa shape index (κ2) is 5.00. The number of carbonyl (C=O) groups excluding carboxylic acids is 1. The van der Waals surface area contributed by atoms with Crippen LogP contribution in [0.1, 0.15) is 19.8 Å². The molecular formula is C8H15NO2S2. The molecule has 13 heavy (non-hydrogen) atoms. The first kappa shape index (κ1) is 11.0. The molecule has 1 fully saturated rings. The topological polar surface area (TPSA) is 46.2 Å². The Morgan fingerprint density at radius 2 is 2.08 bits per heavy atom. The van der Waals surface area contributed by atoms with Gasteiger partial charge in [0.05, 0.1) is 5.25 Å². The summed E-state index contributed by atoms with van der Waals surface area (Å²) >= 11 is 4.04. The molecule has 1 heterocycles. The zero-order chi connectivity index (χ0) is 9.84. The van der Waals surface area contributed by atoms with Crippen molar-refractivity contribution in [2.75, 3.05) is 11.5 Å². The van der Waals surface area contributed by atoms with E-state index in [0.717, 1.165) is 12.8 Å². The highest BCUT2D eigenvalue weighted by atomic mass is 32.2. The van der Waals surface area contributed by atoms with Gasteiger partial charge >= 0.3 is 0 Å². The molecule has 1 unspecified atom stereocenters. The summed E-state index contributed by atoms with van der Waals surface area (Å²) < 4.78 is 11.0. The van der Waals surface area contributed by atoms with Crippen molar-refractivity contribution in [1.29, 1.82) is 0 Å². The Hall–Kier alpha value is -0.0300. The van der Waals surface area contributed by atoms with Crippen molar-refractivity contribution in [3.8, 4) is 0 Å². The number of carbonyl (C=O) groups is 1. The Kier molecular flexibility index (Phi) is 4.25. The summed E-state index contributed by atoms with van der Waals surface area (Å²) in [5.41, 5.74) is 0. The van der Waals surface area contributed by atoms with Gasteiger partial charge in [-0.3, -0.25) is 9.00 Å². The largest absolute Gasteiger partial charge is 0.352 e. The number of nitrogens with one attached hydrogen (secondary N) is 1. The lowest BCUT2D eigenvalue weighted by atomic mass is 10.1. The van der Waals surface area contributed by atoms with Crippen LogP contribution >= 0.6 is 12.6 Å². The first-order chi connectivity index (χ1) is 6.09. The van der Waals surface area contributed by atoms with Gasteiger partial charge in [0.15, 0.2) is 0 Å². The van der Waals surface area contributed by atoms with E-state index in [9.17, 15) is 9.00 Å². The van der Waals surface area contributed by atoms with Crippen molar-refractivity contribution in [1.82, 2.24) is 5.32 Å². The summed E-state index contributed by atoms with van der Waals surface area (Å²) in [5, 5.41) is 2.63. The van der Waals surface area contributed by atoms with Crippen LogP contribution in [0.2, 0.25) is 0 Å². The van der Waals surface area contributed by atoms with Crippen LogP contribution in [0.15, 0.2) is 0 Å². The van der Waals surface area contributed by atoms with Gasteiger partial charge in [0.1, 0.15) is 0 Å². The minimum Gasteiger partial charge on any atom is -0.352 e. The van der Waals surface area contributed by atoms with E-state index in [1.54, 1.807) is 6.92 Å². The molecule has 3 nitrogen and oxygen atoms in total. The van der Waals surface area contributed by atoms with Crippen molar-refractivity contribution in [3.05, 3.63) is 0 Å². The average molecular weight is 221 g/mol. The fraction of sp³-hybridized carbons (Fsp3) is 0.875. The fourth-order valence-corrected chi connectivity index (χ4v) is 2.63. The van der Waals surface area contributed by atoms with Gasteiger partial charge in [-0.15, -0.1) is 0 Å². The van der Waals surface area contributed by atoms with Gasteiger partial charge in [-0.2, -0.15) is 12.6 Å². The lowest BCUT2D eigenvalue weighted by Crippen LogP contribution is -2.42. The second-order valence-electron chi connectivity index (χ2n) is 3.31. The fourth-order valence-electron chi connectivity index (χ4n) is 1.26. The zero-order valence-corrected chi connectivity index (χ0v) is 9.37. The van der Waals surface area contributed by atoms with Crippen LogP contribution in [0.3, 0.4) is 0 Å². The summed E-state index contributed by atoms with van der Waals surface area (Å²) in [7, 11) is -0.657. The van der Waals surface area contributed by atoms with Crippen LogP contribution in [-0.4, -0.2) is 32.9 Å². The molecule has 0 aromatic rings. The highest BCUT2D eigenvalue weighted by Crippen LogP contribution is 2.09. The molecule has 1 aliphatic rings. The molecule has 1 aliphatic heterocycles. The molecule has 0 aromatic carbocycles. The number of hydrogen-bond acceptors (Lipinski definition) is 3. The van der Waals surface area contributed by atoms with E-state index in [0.29, 0.717) is 11.5 Å². The Balaban J connectivity index is 2.30. The Labute approximate surface area is 86.5 Å². The van der Waals surface area contributed by atoms with Gasteiger partial charge in [0.25, 0.3) is 0 Å². The standard InChI is InChI=1S/C8H15NO2S2/c1-6(12)8(10)9-7-2-4-13(11)5-3-7/h6-7,12H,2-5H2,1H3,(H,9,10). The Morgan fingerprint density at radius 3 is 2.54 bits per heavy atom.